The second-order valence-corrected chi connectivity index (χ2v) is 9.34. The zero-order valence-corrected chi connectivity index (χ0v) is 23.0. The van der Waals surface area contributed by atoms with Crippen LogP contribution in [0.4, 0.5) is 5.95 Å². The van der Waals surface area contributed by atoms with Crippen LogP contribution in [0.25, 0.3) is 5.41 Å². The van der Waals surface area contributed by atoms with E-state index in [0.717, 1.165) is 38.7 Å². The molecule has 2 aromatic carbocycles. The van der Waals surface area contributed by atoms with Crippen LogP contribution >= 0.6 is 31.9 Å². The molecule has 0 saturated carbocycles. The van der Waals surface area contributed by atoms with Crippen LogP contribution in [0, 0.1) is 19.9 Å². The minimum absolute atomic E-state index is 0. The number of nitrogens with zero attached hydrogens (tertiary/aromatic N) is 5. The van der Waals surface area contributed by atoms with Crippen molar-refractivity contribution in [2.45, 2.75) is 6.92 Å². The Balaban J connectivity index is 0.000000241. The largest absolute Gasteiger partial charge is 1.00 e. The molecule has 3 aromatic rings. The van der Waals surface area contributed by atoms with Gasteiger partial charge >= 0.3 is 18.9 Å². The molecule has 1 aromatic heterocycles. The average Bonchev–Trinajstić information content (AvgIpc) is 2.86. The number of piperazine rings is 1. The van der Waals surface area contributed by atoms with Gasteiger partial charge in [0.05, 0.1) is 10.4 Å². The molecule has 0 N–H and O–H groups in total. The SMILES string of the molecule is Cc1cc(C(=[N-])C=[C-]c2ccccc2)ccc1Br.[CH2-]C(=O)N1CCN(c2ncc(Br)cn2)CC1.[Li+]. The van der Waals surface area contributed by atoms with Crippen LogP contribution < -0.4 is 23.8 Å². The Kier molecular flexibility index (Phi) is 11.8. The minimum atomic E-state index is -0.114. The van der Waals surface area contributed by atoms with Crippen molar-refractivity contribution < 1.29 is 23.7 Å². The fraction of sp³-hybridized carbons (Fsp3) is 0.192. The zero-order valence-electron chi connectivity index (χ0n) is 19.8. The number of carbonyl (C=O) groups excluding carboxylic acids is 1. The van der Waals surface area contributed by atoms with Crippen molar-refractivity contribution in [2.75, 3.05) is 31.1 Å². The number of benzene rings is 2. The van der Waals surface area contributed by atoms with Crippen molar-refractivity contribution >= 4 is 49.4 Å². The van der Waals surface area contributed by atoms with Gasteiger partial charge in [0, 0.05) is 43.0 Å². The number of allylic oxidation sites excluding steroid dienone is 1. The number of anilines is 1. The molecule has 4 rings (SSSR count). The van der Waals surface area contributed by atoms with E-state index in [1.807, 2.05) is 55.5 Å². The summed E-state index contributed by atoms with van der Waals surface area (Å²) in [7, 11) is 0. The molecule has 1 saturated heterocycles. The second kappa shape index (κ2) is 14.3. The normalized spacial score (nSPS) is 13.0. The average molecular weight is 589 g/mol. The fourth-order valence-corrected chi connectivity index (χ4v) is 3.65. The van der Waals surface area contributed by atoms with Crippen LogP contribution in [-0.2, 0) is 4.79 Å². The Labute approximate surface area is 235 Å². The van der Waals surface area contributed by atoms with Gasteiger partial charge in [0.1, 0.15) is 0 Å². The number of carbonyl (C=O) groups is 1. The molecule has 6 nitrogen and oxygen atoms in total. The van der Waals surface area contributed by atoms with Gasteiger partial charge in [-0.05, 0) is 34.5 Å². The van der Waals surface area contributed by atoms with Gasteiger partial charge in [0.2, 0.25) is 5.95 Å². The predicted molar refractivity (Wildman–Crippen MR) is 144 cm³/mol. The van der Waals surface area contributed by atoms with Gasteiger partial charge in [-0.25, -0.2) is 15.7 Å². The van der Waals surface area contributed by atoms with E-state index in [9.17, 15) is 10.2 Å². The Morgan fingerprint density at radius 3 is 2.26 bits per heavy atom. The number of aromatic nitrogens is 2. The standard InChI is InChI=1S/C16H12BrN.C10H12BrN4O.Li/c1-12-11-14(8-9-15(12)17)16(18)10-7-13-5-3-2-4-6-13;1-8(16)14-2-4-15(5-3-14)10-12-6-9(11)7-13-10;/h2-6,8-11H,1H3;6-7H,1-5H2;/q-2;-1;+1. The first kappa shape index (κ1) is 28.9. The topological polar surface area (TPSA) is 71.6 Å². The number of aryl methyl sites for hydroxylation is 1. The van der Waals surface area contributed by atoms with Crippen molar-refractivity contribution in [1.29, 1.82) is 0 Å². The van der Waals surface area contributed by atoms with Gasteiger partial charge in [-0.15, -0.1) is 35.9 Å². The molecule has 2 heterocycles. The summed E-state index contributed by atoms with van der Waals surface area (Å²) < 4.78 is 1.90. The summed E-state index contributed by atoms with van der Waals surface area (Å²) in [6.45, 7) is 8.26. The number of rotatable bonds is 4. The molecule has 1 amide bonds. The second-order valence-electron chi connectivity index (χ2n) is 7.57. The van der Waals surface area contributed by atoms with Gasteiger partial charge in [-0.2, -0.15) is 6.08 Å². The predicted octanol–water partition coefficient (Wildman–Crippen LogP) is 2.25. The van der Waals surface area contributed by atoms with E-state index < -0.39 is 0 Å². The molecular formula is C26H24Br2LiN5O-2. The van der Waals surface area contributed by atoms with E-state index in [4.69, 9.17) is 0 Å². The zero-order chi connectivity index (χ0) is 24.5. The Bertz CT molecular complexity index is 1150. The van der Waals surface area contributed by atoms with Crippen LogP contribution in [-0.4, -0.2) is 52.7 Å². The molecule has 0 unspecified atom stereocenters. The number of halogens is 2. The van der Waals surface area contributed by atoms with Gasteiger partial charge in [-0.3, -0.25) is 0 Å². The summed E-state index contributed by atoms with van der Waals surface area (Å²) in [6, 6.07) is 15.4. The fourth-order valence-electron chi connectivity index (χ4n) is 3.20. The summed E-state index contributed by atoms with van der Waals surface area (Å²) in [5, 5.41) is 9.98. The van der Waals surface area contributed by atoms with Crippen LogP contribution in [0.15, 0.2) is 75.9 Å². The van der Waals surface area contributed by atoms with E-state index in [0.29, 0.717) is 19.0 Å². The molecule has 1 aliphatic heterocycles. The monoisotopic (exact) mass is 587 g/mol. The molecular weight excluding hydrogens is 565 g/mol. The van der Waals surface area contributed by atoms with E-state index in [1.165, 1.54) is 0 Å². The van der Waals surface area contributed by atoms with Gasteiger partial charge < -0.3 is 26.9 Å². The van der Waals surface area contributed by atoms with E-state index in [1.54, 1.807) is 23.4 Å². The smallest absolute Gasteiger partial charge is 0.855 e. The molecule has 1 fully saturated rings. The van der Waals surface area contributed by atoms with Crippen molar-refractivity contribution in [2.24, 2.45) is 0 Å². The first-order valence-corrected chi connectivity index (χ1v) is 12.2. The first-order valence-electron chi connectivity index (χ1n) is 10.6. The first-order chi connectivity index (χ1) is 16.3. The third-order valence-electron chi connectivity index (χ3n) is 5.12. The van der Waals surface area contributed by atoms with Crippen LogP contribution in [0.2, 0.25) is 0 Å². The molecule has 0 spiro atoms. The van der Waals surface area contributed by atoms with E-state index in [2.05, 4.69) is 59.7 Å². The Morgan fingerprint density at radius 2 is 1.69 bits per heavy atom. The molecule has 9 heteroatoms. The number of hydrogen-bond acceptors (Lipinski definition) is 4. The summed E-state index contributed by atoms with van der Waals surface area (Å²) in [6.07, 6.45) is 8.10. The third-order valence-corrected chi connectivity index (χ3v) is 6.42. The molecule has 35 heavy (non-hydrogen) atoms. The van der Waals surface area contributed by atoms with Gasteiger partial charge in [0.15, 0.2) is 0 Å². The maximum Gasteiger partial charge on any atom is 1.00 e. The maximum absolute atomic E-state index is 11.0. The van der Waals surface area contributed by atoms with E-state index >= 15 is 0 Å². The Morgan fingerprint density at radius 1 is 1.06 bits per heavy atom. The molecule has 0 aliphatic carbocycles. The van der Waals surface area contributed by atoms with Crippen LogP contribution in [0.5, 0.6) is 0 Å². The quantitative estimate of drug-likeness (QED) is 0.266. The molecule has 176 valence electrons. The minimum Gasteiger partial charge on any atom is -0.855 e. The molecule has 0 radical (unpaired) electrons. The molecule has 0 bridgehead atoms. The summed E-state index contributed by atoms with van der Waals surface area (Å²) in [5.74, 6) is 0.593. The molecule has 0 atom stereocenters. The number of amides is 1. The third kappa shape index (κ3) is 8.97. The molecule has 1 aliphatic rings. The van der Waals surface area contributed by atoms with Gasteiger partial charge in [0.25, 0.3) is 0 Å². The van der Waals surface area contributed by atoms with Crippen molar-refractivity contribution in [3.8, 4) is 0 Å². The van der Waals surface area contributed by atoms with Gasteiger partial charge in [-0.1, -0.05) is 39.7 Å². The van der Waals surface area contributed by atoms with Crippen molar-refractivity contribution in [1.82, 2.24) is 14.9 Å². The van der Waals surface area contributed by atoms with Crippen LogP contribution in [0.1, 0.15) is 16.7 Å². The van der Waals surface area contributed by atoms with Crippen molar-refractivity contribution in [3.63, 3.8) is 0 Å². The van der Waals surface area contributed by atoms with Crippen molar-refractivity contribution in [3.05, 3.63) is 111 Å². The van der Waals surface area contributed by atoms with Crippen LogP contribution in [0.3, 0.4) is 0 Å². The summed E-state index contributed by atoms with van der Waals surface area (Å²) >= 11 is 6.73. The Hall–Kier alpha value is -2.37. The number of hydrogen-bond donors (Lipinski definition) is 0. The maximum atomic E-state index is 11.0. The summed E-state index contributed by atoms with van der Waals surface area (Å²) in [4.78, 5) is 23.3. The van der Waals surface area contributed by atoms with E-state index in [-0.39, 0.29) is 30.5 Å². The summed E-state index contributed by atoms with van der Waals surface area (Å²) in [5.41, 5.74) is 3.04.